The van der Waals surface area contributed by atoms with Crippen LogP contribution in [0, 0.1) is 0 Å². The fourth-order valence-electron chi connectivity index (χ4n) is 1.78. The van der Waals surface area contributed by atoms with E-state index in [9.17, 15) is 13.2 Å². The van der Waals surface area contributed by atoms with Gasteiger partial charge in [0.2, 0.25) is 0 Å². The molecule has 9 heteroatoms. The highest BCUT2D eigenvalue weighted by Crippen LogP contribution is 2.31. The molecule has 0 aromatic heterocycles. The Morgan fingerprint density at radius 3 is 2.70 bits per heavy atom. The van der Waals surface area contributed by atoms with E-state index in [-0.39, 0.29) is 26.0 Å². The third-order valence-corrected chi connectivity index (χ3v) is 5.39. The number of nitrogens with one attached hydrogen (secondary N) is 1. The van der Waals surface area contributed by atoms with Crippen molar-refractivity contribution in [1.82, 2.24) is 5.32 Å². The van der Waals surface area contributed by atoms with E-state index in [1.54, 1.807) is 0 Å². The minimum atomic E-state index is -3.95. The van der Waals surface area contributed by atoms with Crippen molar-refractivity contribution in [1.29, 1.82) is 0 Å². The molecule has 1 amide bonds. The molecule has 1 aromatic rings. The Labute approximate surface area is 134 Å². The summed E-state index contributed by atoms with van der Waals surface area (Å²) in [6.45, 7) is 1.01. The van der Waals surface area contributed by atoms with Crippen molar-refractivity contribution >= 4 is 53.2 Å². The summed E-state index contributed by atoms with van der Waals surface area (Å²) in [4.78, 5) is 12.0. The van der Waals surface area contributed by atoms with Crippen LogP contribution in [0.2, 0.25) is 5.02 Å². The minimum absolute atomic E-state index is 0.0483. The Kier molecular flexibility index (Phi) is 4.96. The quantitative estimate of drug-likeness (QED) is 0.788. The van der Waals surface area contributed by atoms with Crippen LogP contribution in [0.25, 0.3) is 0 Å². The molecule has 1 atom stereocenters. The zero-order valence-corrected chi connectivity index (χ0v) is 13.9. The average Bonchev–Trinajstić information content (AvgIpc) is 2.83. The number of halogens is 3. The average molecular weight is 403 g/mol. The topological polar surface area (TPSA) is 72.5 Å². The summed E-state index contributed by atoms with van der Waals surface area (Å²) in [5, 5.41) is 2.86. The molecule has 1 aliphatic heterocycles. The predicted octanol–water partition coefficient (Wildman–Crippen LogP) is 2.55. The van der Waals surface area contributed by atoms with Gasteiger partial charge in [-0.3, -0.25) is 4.79 Å². The molecule has 1 fully saturated rings. The van der Waals surface area contributed by atoms with Crippen LogP contribution in [0.4, 0.5) is 0 Å². The van der Waals surface area contributed by atoms with Crippen molar-refractivity contribution < 1.29 is 17.9 Å². The largest absolute Gasteiger partial charge is 0.379 e. The lowest BCUT2D eigenvalue weighted by Gasteiger charge is -2.13. The molecule has 110 valence electrons. The summed E-state index contributed by atoms with van der Waals surface area (Å²) in [5.41, 5.74) is 0.0483. The number of ether oxygens (including phenoxy) is 1. The van der Waals surface area contributed by atoms with E-state index < -0.39 is 15.0 Å². The van der Waals surface area contributed by atoms with Gasteiger partial charge in [-0.15, -0.1) is 0 Å². The van der Waals surface area contributed by atoms with E-state index in [0.29, 0.717) is 19.6 Å². The Morgan fingerprint density at radius 1 is 1.45 bits per heavy atom. The Bertz CT molecular complexity index is 644. The molecule has 0 spiro atoms. The number of carbonyl (C=O) groups is 1. The van der Waals surface area contributed by atoms with Crippen LogP contribution in [0.5, 0.6) is 0 Å². The molecule has 0 radical (unpaired) electrons. The number of carbonyl (C=O) groups excluding carboxylic acids is 1. The Balaban J connectivity index is 2.34. The van der Waals surface area contributed by atoms with Gasteiger partial charge in [0.1, 0.15) is 0 Å². The molecule has 1 heterocycles. The van der Waals surface area contributed by atoms with Gasteiger partial charge >= 0.3 is 0 Å². The fourth-order valence-corrected chi connectivity index (χ4v) is 3.37. The van der Waals surface area contributed by atoms with Gasteiger partial charge in [-0.1, -0.05) is 11.6 Å². The Morgan fingerprint density at radius 2 is 2.15 bits per heavy atom. The first kappa shape index (κ1) is 16.0. The van der Waals surface area contributed by atoms with E-state index >= 15 is 0 Å². The SMILES string of the molecule is O=C(NC1CCOC1)c1cc(S(=O)(=O)Cl)cc(Br)c1Cl. The summed E-state index contributed by atoms with van der Waals surface area (Å²) in [6, 6.07) is 2.30. The van der Waals surface area contributed by atoms with Crippen molar-refractivity contribution in [2.24, 2.45) is 0 Å². The number of rotatable bonds is 3. The van der Waals surface area contributed by atoms with Crippen molar-refractivity contribution in [2.75, 3.05) is 13.2 Å². The molecule has 1 N–H and O–H groups in total. The first-order chi connectivity index (χ1) is 9.29. The normalized spacial score (nSPS) is 19.1. The molecular weight excluding hydrogens is 393 g/mol. The van der Waals surface area contributed by atoms with Crippen LogP contribution in [-0.4, -0.2) is 33.6 Å². The lowest BCUT2D eigenvalue weighted by molar-refractivity contribution is 0.0930. The van der Waals surface area contributed by atoms with Gasteiger partial charge in [0, 0.05) is 21.8 Å². The molecule has 0 aliphatic carbocycles. The first-order valence-corrected chi connectivity index (χ1v) is 9.09. The number of hydrogen-bond acceptors (Lipinski definition) is 4. The maximum atomic E-state index is 12.1. The summed E-state index contributed by atoms with van der Waals surface area (Å²) < 4.78 is 28.2. The Hall–Kier alpha value is -0.340. The molecule has 2 rings (SSSR count). The highest BCUT2D eigenvalue weighted by atomic mass is 79.9. The summed E-state index contributed by atoms with van der Waals surface area (Å²) in [7, 11) is 1.34. The zero-order chi connectivity index (χ0) is 14.9. The van der Waals surface area contributed by atoms with E-state index in [1.807, 2.05) is 0 Å². The van der Waals surface area contributed by atoms with E-state index in [2.05, 4.69) is 21.2 Å². The van der Waals surface area contributed by atoms with Gasteiger partial charge in [0.25, 0.3) is 15.0 Å². The minimum Gasteiger partial charge on any atom is -0.379 e. The van der Waals surface area contributed by atoms with Gasteiger partial charge in [-0.2, -0.15) is 0 Å². The number of benzene rings is 1. The first-order valence-electron chi connectivity index (χ1n) is 5.61. The highest BCUT2D eigenvalue weighted by molar-refractivity contribution is 9.10. The molecular formula is C11H10BrCl2NO4S. The van der Waals surface area contributed by atoms with E-state index in [4.69, 9.17) is 27.0 Å². The van der Waals surface area contributed by atoms with Gasteiger partial charge in [-0.05, 0) is 34.5 Å². The van der Waals surface area contributed by atoms with E-state index in [1.165, 1.54) is 6.07 Å². The molecule has 0 saturated carbocycles. The molecule has 0 bridgehead atoms. The molecule has 1 unspecified atom stereocenters. The van der Waals surface area contributed by atoms with Crippen LogP contribution in [0.15, 0.2) is 21.5 Å². The molecule has 1 aromatic carbocycles. The van der Waals surface area contributed by atoms with Crippen LogP contribution >= 0.6 is 38.2 Å². The van der Waals surface area contributed by atoms with Crippen molar-refractivity contribution in [3.8, 4) is 0 Å². The highest BCUT2D eigenvalue weighted by Gasteiger charge is 2.23. The van der Waals surface area contributed by atoms with Crippen LogP contribution in [-0.2, 0) is 13.8 Å². The van der Waals surface area contributed by atoms with Gasteiger partial charge in [0.05, 0.1) is 28.1 Å². The lowest BCUT2D eigenvalue weighted by atomic mass is 10.2. The predicted molar refractivity (Wildman–Crippen MR) is 78.9 cm³/mol. The smallest absolute Gasteiger partial charge is 0.261 e. The van der Waals surface area contributed by atoms with Gasteiger partial charge in [0.15, 0.2) is 0 Å². The van der Waals surface area contributed by atoms with Crippen LogP contribution in [0.3, 0.4) is 0 Å². The van der Waals surface area contributed by atoms with E-state index in [0.717, 1.165) is 6.07 Å². The van der Waals surface area contributed by atoms with Gasteiger partial charge < -0.3 is 10.1 Å². The zero-order valence-electron chi connectivity index (χ0n) is 10.0. The van der Waals surface area contributed by atoms with Crippen LogP contribution < -0.4 is 5.32 Å². The third-order valence-electron chi connectivity index (χ3n) is 2.79. The number of amides is 1. The second kappa shape index (κ2) is 6.19. The van der Waals surface area contributed by atoms with Crippen molar-refractivity contribution in [2.45, 2.75) is 17.4 Å². The summed E-state index contributed by atoms with van der Waals surface area (Å²) >= 11 is 9.13. The lowest BCUT2D eigenvalue weighted by Crippen LogP contribution is -2.35. The second-order valence-electron chi connectivity index (χ2n) is 4.24. The van der Waals surface area contributed by atoms with Crippen molar-refractivity contribution in [3.05, 3.63) is 27.2 Å². The number of hydrogen-bond donors (Lipinski definition) is 1. The van der Waals surface area contributed by atoms with Gasteiger partial charge in [-0.25, -0.2) is 8.42 Å². The summed E-state index contributed by atoms with van der Waals surface area (Å²) in [5.74, 6) is -0.464. The molecule has 1 saturated heterocycles. The monoisotopic (exact) mass is 401 g/mol. The maximum absolute atomic E-state index is 12.1. The summed E-state index contributed by atoms with van der Waals surface area (Å²) in [6.07, 6.45) is 0.706. The molecule has 5 nitrogen and oxygen atoms in total. The second-order valence-corrected chi connectivity index (χ2v) is 8.04. The fraction of sp³-hybridized carbons (Fsp3) is 0.364. The molecule has 1 aliphatic rings. The standard InChI is InChI=1S/C11H10BrCl2NO4S/c12-9-4-7(20(14,17)18)3-8(10(9)13)11(16)15-6-1-2-19-5-6/h3-4,6H,1-2,5H2,(H,15,16). The molecule has 20 heavy (non-hydrogen) atoms. The van der Waals surface area contributed by atoms with Crippen molar-refractivity contribution in [3.63, 3.8) is 0 Å². The van der Waals surface area contributed by atoms with Crippen LogP contribution in [0.1, 0.15) is 16.8 Å². The third kappa shape index (κ3) is 3.65. The maximum Gasteiger partial charge on any atom is 0.261 e.